The Morgan fingerprint density at radius 1 is 1.24 bits per heavy atom. The third kappa shape index (κ3) is 4.03. The van der Waals surface area contributed by atoms with Crippen molar-refractivity contribution in [3.63, 3.8) is 0 Å². The Balaban J connectivity index is 1.62. The minimum atomic E-state index is 0.0131. The van der Waals surface area contributed by atoms with Gasteiger partial charge in [-0.15, -0.1) is 0 Å². The molecule has 0 saturated carbocycles. The molecule has 8 heteroatoms. The zero-order valence-electron chi connectivity index (χ0n) is 14.1. The standard InChI is InChI=1S/C17H19BrCl2N4O/c1-11-15(18)16(22(2)21-11)17(25)24-7-5-23(6-8-24)10-12-3-4-13(19)9-14(12)20/h3-4,9H,5-8,10H2,1-2H3. The highest BCUT2D eigenvalue weighted by atomic mass is 79.9. The molecule has 1 aliphatic heterocycles. The molecule has 1 fully saturated rings. The van der Waals surface area contributed by atoms with E-state index in [-0.39, 0.29) is 5.91 Å². The molecule has 1 aromatic carbocycles. The maximum atomic E-state index is 12.8. The number of amides is 1. The van der Waals surface area contributed by atoms with Crippen molar-refractivity contribution >= 4 is 45.0 Å². The molecule has 0 N–H and O–H groups in total. The Morgan fingerprint density at radius 3 is 2.48 bits per heavy atom. The molecule has 1 aliphatic rings. The number of nitrogens with zero attached hydrogens (tertiary/aromatic N) is 4. The molecule has 5 nitrogen and oxygen atoms in total. The average Bonchev–Trinajstić information content (AvgIpc) is 2.83. The van der Waals surface area contributed by atoms with Crippen LogP contribution in [0, 0.1) is 6.92 Å². The summed E-state index contributed by atoms with van der Waals surface area (Å²) in [4.78, 5) is 17.0. The lowest BCUT2D eigenvalue weighted by Crippen LogP contribution is -2.48. The molecule has 1 saturated heterocycles. The summed E-state index contributed by atoms with van der Waals surface area (Å²) in [6.45, 7) is 5.61. The van der Waals surface area contributed by atoms with Gasteiger partial charge in [-0.3, -0.25) is 14.4 Å². The number of benzene rings is 1. The molecule has 3 rings (SSSR count). The van der Waals surface area contributed by atoms with Crippen LogP contribution in [0.3, 0.4) is 0 Å². The Hall–Kier alpha value is -1.08. The number of carbonyl (C=O) groups excluding carboxylic acids is 1. The van der Waals surface area contributed by atoms with E-state index in [0.29, 0.717) is 28.8 Å². The van der Waals surface area contributed by atoms with Crippen molar-refractivity contribution in [2.45, 2.75) is 13.5 Å². The maximum Gasteiger partial charge on any atom is 0.273 e. The Morgan fingerprint density at radius 2 is 1.92 bits per heavy atom. The van der Waals surface area contributed by atoms with Crippen LogP contribution in [0.15, 0.2) is 22.7 Å². The topological polar surface area (TPSA) is 41.4 Å². The SMILES string of the molecule is Cc1nn(C)c(C(=O)N2CCN(Cc3ccc(Cl)cc3Cl)CC2)c1Br. The fraction of sp³-hybridized carbons (Fsp3) is 0.412. The van der Waals surface area contributed by atoms with Crippen LogP contribution < -0.4 is 0 Å². The van der Waals surface area contributed by atoms with Gasteiger partial charge >= 0.3 is 0 Å². The van der Waals surface area contributed by atoms with Gasteiger partial charge in [0.1, 0.15) is 5.69 Å². The zero-order valence-corrected chi connectivity index (χ0v) is 17.2. The highest BCUT2D eigenvalue weighted by molar-refractivity contribution is 9.10. The lowest BCUT2D eigenvalue weighted by Gasteiger charge is -2.35. The first-order chi connectivity index (χ1) is 11.9. The van der Waals surface area contributed by atoms with E-state index < -0.39 is 0 Å². The molecular formula is C17H19BrCl2N4O. The van der Waals surface area contributed by atoms with Gasteiger partial charge in [-0.25, -0.2) is 0 Å². The monoisotopic (exact) mass is 444 g/mol. The molecule has 134 valence electrons. The first-order valence-electron chi connectivity index (χ1n) is 8.01. The van der Waals surface area contributed by atoms with Crippen molar-refractivity contribution < 1.29 is 4.79 Å². The van der Waals surface area contributed by atoms with Crippen LogP contribution in [-0.4, -0.2) is 51.7 Å². The van der Waals surface area contributed by atoms with Crippen LogP contribution in [0.1, 0.15) is 21.7 Å². The summed E-state index contributed by atoms with van der Waals surface area (Å²) < 4.78 is 2.41. The minimum absolute atomic E-state index is 0.0131. The summed E-state index contributed by atoms with van der Waals surface area (Å²) in [6.07, 6.45) is 0. The predicted molar refractivity (Wildman–Crippen MR) is 103 cm³/mol. The molecule has 2 heterocycles. The third-order valence-electron chi connectivity index (χ3n) is 4.42. The number of piperazine rings is 1. The molecular weight excluding hydrogens is 427 g/mol. The average molecular weight is 446 g/mol. The van der Waals surface area contributed by atoms with Crippen LogP contribution in [0.4, 0.5) is 0 Å². The van der Waals surface area contributed by atoms with Gasteiger partial charge in [0.2, 0.25) is 0 Å². The van der Waals surface area contributed by atoms with Crippen LogP contribution in [0.2, 0.25) is 10.0 Å². The summed E-state index contributed by atoms with van der Waals surface area (Å²) >= 11 is 15.7. The van der Waals surface area contributed by atoms with Crippen molar-refractivity contribution in [2.75, 3.05) is 26.2 Å². The van der Waals surface area contributed by atoms with E-state index in [1.54, 1.807) is 17.8 Å². The second-order valence-corrected chi connectivity index (χ2v) is 7.81. The van der Waals surface area contributed by atoms with E-state index in [2.05, 4.69) is 25.9 Å². The van der Waals surface area contributed by atoms with Crippen molar-refractivity contribution in [3.05, 3.63) is 49.7 Å². The Kier molecular flexibility index (Phi) is 5.73. The van der Waals surface area contributed by atoms with E-state index in [1.807, 2.05) is 24.0 Å². The fourth-order valence-electron chi connectivity index (χ4n) is 3.01. The first-order valence-corrected chi connectivity index (χ1v) is 9.56. The molecule has 0 radical (unpaired) electrons. The molecule has 0 spiro atoms. The van der Waals surface area contributed by atoms with Gasteiger partial charge < -0.3 is 4.90 Å². The van der Waals surface area contributed by atoms with Gasteiger partial charge in [0.05, 0.1) is 10.2 Å². The molecule has 0 bridgehead atoms. The van der Waals surface area contributed by atoms with E-state index >= 15 is 0 Å². The molecule has 25 heavy (non-hydrogen) atoms. The summed E-state index contributed by atoms with van der Waals surface area (Å²) in [5.74, 6) is 0.0131. The quantitative estimate of drug-likeness (QED) is 0.722. The highest BCUT2D eigenvalue weighted by Gasteiger charge is 2.27. The number of carbonyl (C=O) groups is 1. The van der Waals surface area contributed by atoms with Crippen molar-refractivity contribution in [2.24, 2.45) is 7.05 Å². The molecule has 0 unspecified atom stereocenters. The summed E-state index contributed by atoms with van der Waals surface area (Å²) in [5.41, 5.74) is 2.48. The lowest BCUT2D eigenvalue weighted by molar-refractivity contribution is 0.0617. The van der Waals surface area contributed by atoms with Crippen LogP contribution in [0.5, 0.6) is 0 Å². The maximum absolute atomic E-state index is 12.8. The van der Waals surface area contributed by atoms with E-state index in [9.17, 15) is 4.79 Å². The van der Waals surface area contributed by atoms with E-state index in [0.717, 1.165) is 35.4 Å². The second kappa shape index (κ2) is 7.66. The summed E-state index contributed by atoms with van der Waals surface area (Å²) in [7, 11) is 1.80. The largest absolute Gasteiger partial charge is 0.335 e. The molecule has 0 aliphatic carbocycles. The minimum Gasteiger partial charge on any atom is -0.335 e. The third-order valence-corrected chi connectivity index (χ3v) is 5.96. The van der Waals surface area contributed by atoms with Gasteiger partial charge in [-0.1, -0.05) is 29.3 Å². The number of aryl methyl sites for hydroxylation is 2. The molecule has 1 aromatic heterocycles. The second-order valence-electron chi connectivity index (χ2n) is 6.18. The van der Waals surface area contributed by atoms with Crippen molar-refractivity contribution in [3.8, 4) is 0 Å². The smallest absolute Gasteiger partial charge is 0.273 e. The van der Waals surface area contributed by atoms with Gasteiger partial charge in [0, 0.05) is 49.8 Å². The van der Waals surface area contributed by atoms with Crippen LogP contribution in [0.25, 0.3) is 0 Å². The highest BCUT2D eigenvalue weighted by Crippen LogP contribution is 2.24. The Bertz CT molecular complexity index is 800. The number of rotatable bonds is 3. The predicted octanol–water partition coefficient (Wildman–Crippen LogP) is 3.76. The van der Waals surface area contributed by atoms with Gasteiger partial charge in [-0.2, -0.15) is 5.10 Å². The molecule has 2 aromatic rings. The Labute approximate surface area is 165 Å². The fourth-order valence-corrected chi connectivity index (χ4v) is 3.99. The van der Waals surface area contributed by atoms with Gasteiger partial charge in [0.15, 0.2) is 0 Å². The number of halogens is 3. The van der Waals surface area contributed by atoms with Crippen LogP contribution >= 0.6 is 39.1 Å². The van der Waals surface area contributed by atoms with Crippen molar-refractivity contribution in [1.82, 2.24) is 19.6 Å². The molecule has 0 atom stereocenters. The lowest BCUT2D eigenvalue weighted by atomic mass is 10.2. The van der Waals surface area contributed by atoms with Gasteiger partial charge in [0.25, 0.3) is 5.91 Å². The zero-order chi connectivity index (χ0) is 18.1. The normalized spacial score (nSPS) is 15.6. The summed E-state index contributed by atoms with van der Waals surface area (Å²) in [5, 5.41) is 5.62. The first kappa shape index (κ1) is 18.7. The number of hydrogen-bond acceptors (Lipinski definition) is 3. The summed E-state index contributed by atoms with van der Waals surface area (Å²) in [6, 6.07) is 5.57. The van der Waals surface area contributed by atoms with E-state index in [1.165, 1.54) is 0 Å². The van der Waals surface area contributed by atoms with Crippen LogP contribution in [-0.2, 0) is 13.6 Å². The number of aromatic nitrogens is 2. The van der Waals surface area contributed by atoms with Gasteiger partial charge in [-0.05, 0) is 40.5 Å². The number of hydrogen-bond donors (Lipinski definition) is 0. The van der Waals surface area contributed by atoms with E-state index in [4.69, 9.17) is 23.2 Å². The van der Waals surface area contributed by atoms with Crippen molar-refractivity contribution in [1.29, 1.82) is 0 Å². The molecule has 1 amide bonds.